The van der Waals surface area contributed by atoms with Gasteiger partial charge in [-0.05, 0) is 68.0 Å². The molecule has 1 atom stereocenters. The lowest BCUT2D eigenvalue weighted by Crippen LogP contribution is -2.52. The summed E-state index contributed by atoms with van der Waals surface area (Å²) in [7, 11) is 2.70. The standard InChI is InChI=1S/C30H40F4N4O/c1-9-10-17-29(6,38(21(4)5)19-27(35-7)30(32,33)34)39-37-28(36-8)25-18-22(15-16-26(25)31)24-14-12-11-13-23(24)20(2)3/h10-21,35H,9H2,1-8H3,(H,36,37)/b17-10-,27-19-. The summed E-state index contributed by atoms with van der Waals surface area (Å²) in [6.07, 6.45) is 0.493. The molecule has 5 nitrogen and oxygen atoms in total. The molecule has 0 radical (unpaired) electrons. The highest BCUT2D eigenvalue weighted by molar-refractivity contribution is 5.99. The van der Waals surface area contributed by atoms with Gasteiger partial charge in [0.15, 0.2) is 11.6 Å². The third kappa shape index (κ3) is 8.08. The maximum Gasteiger partial charge on any atom is 0.432 e. The molecule has 2 aromatic carbocycles. The Labute approximate surface area is 229 Å². The lowest BCUT2D eigenvalue weighted by molar-refractivity contribution is -0.133. The van der Waals surface area contributed by atoms with Crippen molar-refractivity contribution in [3.8, 4) is 11.1 Å². The molecule has 0 aliphatic heterocycles. The summed E-state index contributed by atoms with van der Waals surface area (Å²) in [5, 5.41) is 2.22. The second-order valence-corrected chi connectivity index (χ2v) is 9.87. The maximum atomic E-state index is 15.1. The van der Waals surface area contributed by atoms with Gasteiger partial charge in [-0.3, -0.25) is 4.99 Å². The summed E-state index contributed by atoms with van der Waals surface area (Å²) >= 11 is 0. The van der Waals surface area contributed by atoms with Crippen molar-refractivity contribution in [3.05, 3.63) is 83.5 Å². The average molecular weight is 549 g/mol. The van der Waals surface area contributed by atoms with E-state index in [4.69, 9.17) is 4.84 Å². The zero-order chi connectivity index (χ0) is 29.4. The summed E-state index contributed by atoms with van der Waals surface area (Å²) in [4.78, 5) is 11.7. The second kappa shape index (κ2) is 13.6. The minimum Gasteiger partial charge on any atom is -0.383 e. The quantitative estimate of drug-likeness (QED) is 0.0761. The third-order valence-electron chi connectivity index (χ3n) is 6.27. The summed E-state index contributed by atoms with van der Waals surface area (Å²) in [5.74, 6) is -0.154. The topological polar surface area (TPSA) is 48.9 Å². The molecule has 1 unspecified atom stereocenters. The fourth-order valence-corrected chi connectivity index (χ4v) is 4.23. The van der Waals surface area contributed by atoms with E-state index in [1.165, 1.54) is 25.1 Å². The van der Waals surface area contributed by atoms with Gasteiger partial charge in [-0.15, -0.1) is 0 Å². The number of allylic oxidation sites excluding steroid dienone is 2. The van der Waals surface area contributed by atoms with E-state index in [2.05, 4.69) is 29.6 Å². The average Bonchev–Trinajstić information content (AvgIpc) is 2.88. The van der Waals surface area contributed by atoms with Gasteiger partial charge in [0.05, 0.1) is 5.56 Å². The normalized spacial score (nSPS) is 14.7. The van der Waals surface area contributed by atoms with Crippen molar-refractivity contribution in [1.29, 1.82) is 0 Å². The van der Waals surface area contributed by atoms with Crippen molar-refractivity contribution in [2.45, 2.75) is 71.8 Å². The van der Waals surface area contributed by atoms with Gasteiger partial charge >= 0.3 is 6.18 Å². The highest BCUT2D eigenvalue weighted by atomic mass is 19.4. The van der Waals surface area contributed by atoms with Crippen LogP contribution in [-0.2, 0) is 4.84 Å². The summed E-state index contributed by atoms with van der Waals surface area (Å²) in [6.45, 7) is 11.2. The molecule has 0 amide bonds. The number of benzene rings is 2. The zero-order valence-electron chi connectivity index (χ0n) is 23.9. The fraction of sp³-hybridized carbons (Fsp3) is 0.433. The number of aliphatic imine (C=N–C) groups is 1. The Balaban J connectivity index is 2.51. The lowest BCUT2D eigenvalue weighted by atomic mass is 9.92. The molecule has 0 saturated heterocycles. The molecular weight excluding hydrogens is 508 g/mol. The van der Waals surface area contributed by atoms with Crippen LogP contribution >= 0.6 is 0 Å². The van der Waals surface area contributed by atoms with Crippen molar-refractivity contribution in [3.63, 3.8) is 0 Å². The first-order chi connectivity index (χ1) is 18.3. The van der Waals surface area contributed by atoms with Crippen LogP contribution in [0.5, 0.6) is 0 Å². The van der Waals surface area contributed by atoms with Crippen LogP contribution in [-0.4, -0.2) is 42.8 Å². The van der Waals surface area contributed by atoms with Crippen LogP contribution in [0.4, 0.5) is 17.6 Å². The van der Waals surface area contributed by atoms with Crippen LogP contribution in [0.15, 0.2) is 71.5 Å². The van der Waals surface area contributed by atoms with E-state index in [9.17, 15) is 13.2 Å². The molecule has 9 heteroatoms. The Morgan fingerprint density at radius 1 is 1.10 bits per heavy atom. The summed E-state index contributed by atoms with van der Waals surface area (Å²) < 4.78 is 55.8. The minimum atomic E-state index is -4.59. The smallest absolute Gasteiger partial charge is 0.383 e. The van der Waals surface area contributed by atoms with Crippen LogP contribution in [0.1, 0.15) is 65.0 Å². The zero-order valence-corrected chi connectivity index (χ0v) is 23.9. The molecule has 0 heterocycles. The number of nitrogens with one attached hydrogen (secondary N) is 2. The van der Waals surface area contributed by atoms with Gasteiger partial charge in [0, 0.05) is 26.3 Å². The van der Waals surface area contributed by atoms with E-state index in [1.807, 2.05) is 31.2 Å². The molecule has 0 spiro atoms. The van der Waals surface area contributed by atoms with Crippen LogP contribution in [0.2, 0.25) is 0 Å². The predicted octanol–water partition coefficient (Wildman–Crippen LogP) is 7.53. The molecule has 0 fully saturated rings. The lowest BCUT2D eigenvalue weighted by Gasteiger charge is -2.41. The van der Waals surface area contributed by atoms with Gasteiger partial charge in [0.2, 0.25) is 0 Å². The van der Waals surface area contributed by atoms with E-state index in [0.717, 1.165) is 22.9 Å². The van der Waals surface area contributed by atoms with E-state index < -0.39 is 29.5 Å². The van der Waals surface area contributed by atoms with Crippen LogP contribution < -0.4 is 10.8 Å². The Morgan fingerprint density at radius 2 is 1.77 bits per heavy atom. The molecular formula is C30H40F4N4O. The monoisotopic (exact) mass is 548 g/mol. The number of halogens is 4. The molecule has 214 valence electrons. The van der Waals surface area contributed by atoms with Gasteiger partial charge in [0.25, 0.3) is 0 Å². The molecule has 0 aliphatic carbocycles. The molecule has 2 N–H and O–H groups in total. The molecule has 2 aromatic rings. The highest BCUT2D eigenvalue weighted by Gasteiger charge is 2.38. The van der Waals surface area contributed by atoms with E-state index in [-0.39, 0.29) is 17.3 Å². The van der Waals surface area contributed by atoms with Gasteiger partial charge in [0.1, 0.15) is 11.5 Å². The highest BCUT2D eigenvalue weighted by Crippen LogP contribution is 2.31. The Hall–Kier alpha value is -3.33. The number of amidine groups is 1. The van der Waals surface area contributed by atoms with Gasteiger partial charge in [-0.25, -0.2) is 14.7 Å². The molecule has 0 aromatic heterocycles. The molecule has 0 bridgehead atoms. The number of alkyl halides is 3. The van der Waals surface area contributed by atoms with Gasteiger partial charge < -0.3 is 10.2 Å². The number of hydrogen-bond donors (Lipinski definition) is 2. The molecule has 2 rings (SSSR count). The van der Waals surface area contributed by atoms with E-state index >= 15 is 4.39 Å². The SMILES string of the molecule is CC/C=C\C(C)(ONC(=NC)c1cc(-c2ccccc2C(C)C)ccc1F)N(/C=C(\NC)C(F)(F)F)C(C)C. The minimum absolute atomic E-state index is 0.102. The van der Waals surface area contributed by atoms with E-state index in [1.54, 1.807) is 45.1 Å². The number of nitrogens with zero attached hydrogens (tertiary/aromatic N) is 2. The van der Waals surface area contributed by atoms with Crippen LogP contribution in [0.25, 0.3) is 11.1 Å². The summed E-state index contributed by atoms with van der Waals surface area (Å²) in [6, 6.07) is 12.3. The van der Waals surface area contributed by atoms with Gasteiger partial charge in [-0.1, -0.05) is 57.2 Å². The molecule has 0 aliphatic rings. The predicted molar refractivity (Wildman–Crippen MR) is 151 cm³/mol. The Kier molecular flexibility index (Phi) is 11.2. The van der Waals surface area contributed by atoms with Crippen LogP contribution in [0.3, 0.4) is 0 Å². The second-order valence-electron chi connectivity index (χ2n) is 9.87. The molecule has 39 heavy (non-hydrogen) atoms. The van der Waals surface area contributed by atoms with Crippen LogP contribution in [0, 0.1) is 5.82 Å². The van der Waals surface area contributed by atoms with Crippen molar-refractivity contribution in [1.82, 2.24) is 15.7 Å². The first-order valence-corrected chi connectivity index (χ1v) is 13.0. The number of hydroxylamine groups is 1. The van der Waals surface area contributed by atoms with Gasteiger partial charge in [-0.2, -0.15) is 13.2 Å². The fourth-order valence-electron chi connectivity index (χ4n) is 4.23. The number of hydrogen-bond acceptors (Lipinski definition) is 4. The van der Waals surface area contributed by atoms with Crippen molar-refractivity contribution in [2.75, 3.05) is 14.1 Å². The molecule has 0 saturated carbocycles. The largest absolute Gasteiger partial charge is 0.432 e. The van der Waals surface area contributed by atoms with Crippen molar-refractivity contribution >= 4 is 5.84 Å². The maximum absolute atomic E-state index is 15.1. The Bertz CT molecular complexity index is 1190. The van der Waals surface area contributed by atoms with E-state index in [0.29, 0.717) is 6.42 Å². The van der Waals surface area contributed by atoms with Crippen molar-refractivity contribution < 1.29 is 22.4 Å². The summed E-state index contributed by atoms with van der Waals surface area (Å²) in [5.41, 5.74) is 3.51. The van der Waals surface area contributed by atoms with Crippen molar-refractivity contribution in [2.24, 2.45) is 4.99 Å². The number of rotatable bonds is 11. The Morgan fingerprint density at radius 3 is 2.31 bits per heavy atom. The third-order valence-corrected chi connectivity index (χ3v) is 6.27. The first kappa shape index (κ1) is 31.9. The first-order valence-electron chi connectivity index (χ1n) is 13.0.